The van der Waals surface area contributed by atoms with E-state index in [0.717, 1.165) is 6.07 Å². The van der Waals surface area contributed by atoms with Gasteiger partial charge in [-0.05, 0) is 18.2 Å². The van der Waals surface area contributed by atoms with Gasteiger partial charge in [0.1, 0.15) is 0 Å². The zero-order valence-corrected chi connectivity index (χ0v) is 12.1. The number of rotatable bonds is 3. The van der Waals surface area contributed by atoms with Crippen molar-refractivity contribution in [1.29, 1.82) is 0 Å². The van der Waals surface area contributed by atoms with Gasteiger partial charge < -0.3 is 15.2 Å². The topological polar surface area (TPSA) is 102 Å². The normalized spacial score (nSPS) is 14.5. The maximum absolute atomic E-state index is 12.1. The number of hydrogen-bond donors (Lipinski definition) is 2. The summed E-state index contributed by atoms with van der Waals surface area (Å²) in [4.78, 5) is 22.7. The molecule has 0 aliphatic carbocycles. The van der Waals surface area contributed by atoms with Gasteiger partial charge in [-0.15, -0.1) is 0 Å². The smallest absolute Gasteiger partial charge is 0.280 e. The van der Waals surface area contributed by atoms with E-state index in [4.69, 9.17) is 4.74 Å². The number of aromatic hydroxyl groups is 1. The molecule has 7 heteroatoms. The number of nitrogens with one attached hydrogen (secondary N) is 1. The minimum atomic E-state index is -0.621. The molecule has 0 fully saturated rings. The first-order valence-corrected chi connectivity index (χ1v) is 6.69. The molecule has 1 heterocycles. The molecule has 2 aromatic rings. The highest BCUT2D eigenvalue weighted by Gasteiger charge is 2.25. The Kier molecular flexibility index (Phi) is 3.46. The van der Waals surface area contributed by atoms with Gasteiger partial charge in [-0.2, -0.15) is 0 Å². The first kappa shape index (κ1) is 14.6. The summed E-state index contributed by atoms with van der Waals surface area (Å²) in [5.41, 5.74) is 1.49. The van der Waals surface area contributed by atoms with Gasteiger partial charge in [0.05, 0.1) is 23.7 Å². The standard InChI is InChI=1S/C16H12N2O5/c1-23-15-7-9(13(18(21)22)8-14(15)19)6-11-10-4-2-3-5-12(10)17-16(11)20/h2-8,19H,1H3,(H,17,20). The molecule has 0 saturated carbocycles. The Labute approximate surface area is 131 Å². The van der Waals surface area contributed by atoms with E-state index in [-0.39, 0.29) is 28.7 Å². The Morgan fingerprint density at radius 3 is 2.74 bits per heavy atom. The van der Waals surface area contributed by atoms with Crippen molar-refractivity contribution in [1.82, 2.24) is 0 Å². The number of phenols is 1. The first-order valence-electron chi connectivity index (χ1n) is 6.69. The van der Waals surface area contributed by atoms with Crippen LogP contribution in [0, 0.1) is 10.1 Å². The van der Waals surface area contributed by atoms with Crippen LogP contribution in [0.1, 0.15) is 11.1 Å². The number of nitrogens with zero attached hydrogens (tertiary/aromatic N) is 1. The van der Waals surface area contributed by atoms with Crippen LogP contribution >= 0.6 is 0 Å². The summed E-state index contributed by atoms with van der Waals surface area (Å²) < 4.78 is 4.98. The summed E-state index contributed by atoms with van der Waals surface area (Å²) in [7, 11) is 1.34. The van der Waals surface area contributed by atoms with E-state index in [1.807, 2.05) is 0 Å². The minimum Gasteiger partial charge on any atom is -0.504 e. The zero-order chi connectivity index (χ0) is 16.6. The summed E-state index contributed by atoms with van der Waals surface area (Å²) in [5.74, 6) is -0.584. The number of nitro groups is 1. The number of nitro benzene ring substituents is 1. The molecule has 2 aromatic carbocycles. The summed E-state index contributed by atoms with van der Waals surface area (Å²) in [6, 6.07) is 9.40. The molecule has 1 aliphatic rings. The van der Waals surface area contributed by atoms with Crippen LogP contribution in [0.2, 0.25) is 0 Å². The molecule has 23 heavy (non-hydrogen) atoms. The third-order valence-corrected chi connectivity index (χ3v) is 3.53. The number of amides is 1. The van der Waals surface area contributed by atoms with Crippen molar-refractivity contribution in [3.8, 4) is 11.5 Å². The molecule has 3 rings (SSSR count). The van der Waals surface area contributed by atoms with Gasteiger partial charge in [0.15, 0.2) is 11.5 Å². The highest BCUT2D eigenvalue weighted by Crippen LogP contribution is 2.38. The highest BCUT2D eigenvalue weighted by molar-refractivity contribution is 6.35. The number of ether oxygens (including phenoxy) is 1. The second kappa shape index (κ2) is 5.45. The molecule has 0 aromatic heterocycles. The van der Waals surface area contributed by atoms with Crippen molar-refractivity contribution in [2.24, 2.45) is 0 Å². The number of phenolic OH excluding ortho intramolecular Hbond substituents is 1. The van der Waals surface area contributed by atoms with Crippen LogP contribution in [-0.2, 0) is 4.79 Å². The number of carbonyl (C=O) groups is 1. The number of fused-ring (bicyclic) bond motifs is 1. The predicted octanol–water partition coefficient (Wildman–Crippen LogP) is 2.80. The molecule has 116 valence electrons. The average molecular weight is 312 g/mol. The number of hydrogen-bond acceptors (Lipinski definition) is 5. The predicted molar refractivity (Wildman–Crippen MR) is 84.3 cm³/mol. The number of benzene rings is 2. The summed E-state index contributed by atoms with van der Waals surface area (Å²) >= 11 is 0. The lowest BCUT2D eigenvalue weighted by Crippen LogP contribution is -2.04. The zero-order valence-electron chi connectivity index (χ0n) is 12.1. The second-order valence-corrected chi connectivity index (χ2v) is 4.90. The van der Waals surface area contributed by atoms with E-state index in [9.17, 15) is 20.0 Å². The molecule has 2 N–H and O–H groups in total. The molecule has 0 spiro atoms. The summed E-state index contributed by atoms with van der Waals surface area (Å²) in [6.45, 7) is 0. The molecule has 0 saturated heterocycles. The number of para-hydroxylation sites is 1. The Balaban J connectivity index is 2.19. The molecule has 1 amide bonds. The fourth-order valence-corrected chi connectivity index (χ4v) is 2.45. The van der Waals surface area contributed by atoms with E-state index in [2.05, 4.69) is 5.32 Å². The van der Waals surface area contributed by atoms with Crippen molar-refractivity contribution < 1.29 is 19.6 Å². The lowest BCUT2D eigenvalue weighted by Gasteiger charge is -2.06. The number of carbonyl (C=O) groups excluding carboxylic acids is 1. The van der Waals surface area contributed by atoms with Crippen molar-refractivity contribution in [2.75, 3.05) is 12.4 Å². The monoisotopic (exact) mass is 312 g/mol. The van der Waals surface area contributed by atoms with Crippen molar-refractivity contribution in [3.05, 3.63) is 57.6 Å². The average Bonchev–Trinajstić information content (AvgIpc) is 2.84. The molecule has 1 aliphatic heterocycles. The van der Waals surface area contributed by atoms with Gasteiger partial charge in [0, 0.05) is 16.8 Å². The molecular weight excluding hydrogens is 300 g/mol. The number of methoxy groups -OCH3 is 1. The largest absolute Gasteiger partial charge is 0.504 e. The van der Waals surface area contributed by atoms with Crippen LogP contribution in [-0.4, -0.2) is 23.0 Å². The summed E-state index contributed by atoms with van der Waals surface area (Å²) in [6.07, 6.45) is 1.42. The Morgan fingerprint density at radius 2 is 2.04 bits per heavy atom. The lowest BCUT2D eigenvalue weighted by atomic mass is 10.0. The van der Waals surface area contributed by atoms with Gasteiger partial charge in [-0.3, -0.25) is 14.9 Å². The van der Waals surface area contributed by atoms with E-state index < -0.39 is 4.92 Å². The van der Waals surface area contributed by atoms with Crippen molar-refractivity contribution in [2.45, 2.75) is 0 Å². The first-order chi connectivity index (χ1) is 11.0. The SMILES string of the molecule is COc1cc(C=C2C(=O)Nc3ccccc32)c([N+](=O)[O-])cc1O. The molecule has 0 unspecified atom stereocenters. The van der Waals surface area contributed by atoms with E-state index in [1.54, 1.807) is 24.3 Å². The van der Waals surface area contributed by atoms with Crippen LogP contribution in [0.15, 0.2) is 36.4 Å². The third kappa shape index (κ3) is 2.48. The Morgan fingerprint density at radius 1 is 1.30 bits per heavy atom. The molecular formula is C16H12N2O5. The van der Waals surface area contributed by atoms with Crippen molar-refractivity contribution >= 4 is 28.9 Å². The van der Waals surface area contributed by atoms with Gasteiger partial charge in [-0.25, -0.2) is 0 Å². The maximum atomic E-state index is 12.1. The maximum Gasteiger partial charge on any atom is 0.280 e. The van der Waals surface area contributed by atoms with Gasteiger partial charge in [-0.1, -0.05) is 18.2 Å². The van der Waals surface area contributed by atoms with E-state index in [1.165, 1.54) is 19.3 Å². The van der Waals surface area contributed by atoms with Crippen LogP contribution in [0.4, 0.5) is 11.4 Å². The lowest BCUT2D eigenvalue weighted by molar-refractivity contribution is -0.385. The molecule has 7 nitrogen and oxygen atoms in total. The third-order valence-electron chi connectivity index (χ3n) is 3.53. The molecule has 0 radical (unpaired) electrons. The summed E-state index contributed by atoms with van der Waals surface area (Å²) in [5, 5.41) is 23.6. The van der Waals surface area contributed by atoms with Crippen LogP contribution in [0.25, 0.3) is 11.6 Å². The van der Waals surface area contributed by atoms with Gasteiger partial charge in [0.25, 0.3) is 11.6 Å². The Bertz CT molecular complexity index is 858. The van der Waals surface area contributed by atoms with Crippen LogP contribution in [0.5, 0.6) is 11.5 Å². The van der Waals surface area contributed by atoms with Crippen LogP contribution < -0.4 is 10.1 Å². The van der Waals surface area contributed by atoms with Gasteiger partial charge in [0.2, 0.25) is 0 Å². The van der Waals surface area contributed by atoms with E-state index in [0.29, 0.717) is 16.8 Å². The molecule has 0 atom stereocenters. The van der Waals surface area contributed by atoms with Crippen LogP contribution in [0.3, 0.4) is 0 Å². The number of anilines is 1. The quantitative estimate of drug-likeness (QED) is 0.515. The Hall–Kier alpha value is -3.35. The van der Waals surface area contributed by atoms with Gasteiger partial charge >= 0.3 is 0 Å². The second-order valence-electron chi connectivity index (χ2n) is 4.90. The fourth-order valence-electron chi connectivity index (χ4n) is 2.45. The minimum absolute atomic E-state index is 0.0918. The van der Waals surface area contributed by atoms with E-state index >= 15 is 0 Å². The highest BCUT2D eigenvalue weighted by atomic mass is 16.6. The van der Waals surface area contributed by atoms with Crippen molar-refractivity contribution in [3.63, 3.8) is 0 Å². The molecule has 0 bridgehead atoms. The fraction of sp³-hybridized carbons (Fsp3) is 0.0625.